The zero-order chi connectivity index (χ0) is 21.1. The molecule has 0 radical (unpaired) electrons. The Hall–Kier alpha value is -3.22. The van der Waals surface area contributed by atoms with Crippen LogP contribution in [-0.2, 0) is 5.54 Å². The smallest absolute Gasteiger partial charge is 0.320 e. The number of hydrogen-bond donors (Lipinski definition) is 2. The van der Waals surface area contributed by atoms with Crippen LogP contribution in [-0.4, -0.2) is 26.2 Å². The van der Waals surface area contributed by atoms with Gasteiger partial charge in [0, 0.05) is 5.69 Å². The van der Waals surface area contributed by atoms with Gasteiger partial charge in [0.05, 0.1) is 5.69 Å². The number of para-hydroxylation sites is 2. The van der Waals surface area contributed by atoms with Crippen LogP contribution in [0, 0.1) is 19.8 Å². The van der Waals surface area contributed by atoms with Crippen LogP contribution in [0.2, 0.25) is 0 Å². The van der Waals surface area contributed by atoms with E-state index in [9.17, 15) is 4.79 Å². The minimum Gasteiger partial charge on any atom is -0.325 e. The van der Waals surface area contributed by atoms with E-state index in [1.807, 2.05) is 41.1 Å². The first kappa shape index (κ1) is 20.1. The molecule has 0 unspecified atom stereocenters. The minimum atomic E-state index is -0.621. The van der Waals surface area contributed by atoms with Gasteiger partial charge >= 0.3 is 6.03 Å². The fraction of sp³-hybridized carbons (Fsp3) is 0.391. The Morgan fingerprint density at radius 3 is 2.37 bits per heavy atom. The summed E-state index contributed by atoms with van der Waals surface area (Å²) in [5, 5.41) is 18.9. The monoisotopic (exact) mass is 404 g/mol. The molecule has 156 valence electrons. The lowest BCUT2D eigenvalue weighted by Gasteiger charge is -2.39. The summed E-state index contributed by atoms with van der Waals surface area (Å²) in [7, 11) is 0. The number of hydrogen-bond acceptors (Lipinski definition) is 4. The summed E-state index contributed by atoms with van der Waals surface area (Å²) in [6.45, 7) is 6.36. The number of carbonyl (C=O) groups excluding carboxylic acids is 1. The molecular formula is C23H28N6O. The Labute approximate surface area is 176 Å². The molecule has 2 amide bonds. The van der Waals surface area contributed by atoms with Crippen molar-refractivity contribution in [2.24, 2.45) is 5.92 Å². The molecule has 0 aliphatic heterocycles. The average molecular weight is 405 g/mol. The third kappa shape index (κ3) is 3.92. The summed E-state index contributed by atoms with van der Waals surface area (Å²) in [6.07, 6.45) is 3.60. The zero-order valence-electron chi connectivity index (χ0n) is 17.7. The first-order chi connectivity index (χ1) is 14.5. The van der Waals surface area contributed by atoms with E-state index in [1.165, 1.54) is 0 Å². The number of amides is 2. The van der Waals surface area contributed by atoms with Crippen LogP contribution in [0.1, 0.15) is 49.6 Å². The van der Waals surface area contributed by atoms with Crippen molar-refractivity contribution in [1.82, 2.24) is 25.5 Å². The Bertz CT molecular complexity index is 1000. The molecule has 1 fully saturated rings. The molecule has 30 heavy (non-hydrogen) atoms. The third-order valence-corrected chi connectivity index (χ3v) is 6.06. The van der Waals surface area contributed by atoms with E-state index in [2.05, 4.69) is 59.1 Å². The largest absolute Gasteiger partial charge is 0.325 e. The summed E-state index contributed by atoms with van der Waals surface area (Å²) in [5.41, 5.74) is 3.29. The molecule has 2 N–H and O–H groups in total. The van der Waals surface area contributed by atoms with Gasteiger partial charge in [-0.15, -0.1) is 5.10 Å². The van der Waals surface area contributed by atoms with E-state index in [4.69, 9.17) is 0 Å². The molecule has 1 heterocycles. The molecule has 7 heteroatoms. The molecule has 1 saturated carbocycles. The molecule has 0 atom stereocenters. The fourth-order valence-corrected chi connectivity index (χ4v) is 4.34. The average Bonchev–Trinajstić information content (AvgIpc) is 3.21. The maximum absolute atomic E-state index is 12.9. The normalized spacial score (nSPS) is 21.2. The van der Waals surface area contributed by atoms with Crippen molar-refractivity contribution in [1.29, 1.82) is 0 Å². The van der Waals surface area contributed by atoms with Gasteiger partial charge in [-0.25, -0.2) is 4.79 Å². The molecule has 0 bridgehead atoms. The van der Waals surface area contributed by atoms with Crippen LogP contribution in [0.4, 0.5) is 10.5 Å². The summed E-state index contributed by atoms with van der Waals surface area (Å²) in [6, 6.07) is 15.4. The number of urea groups is 1. The lowest BCUT2D eigenvalue weighted by Crippen LogP contribution is -2.51. The SMILES string of the molecule is Cc1cccc(C)c1-n1nnnc1C1(NC(=O)Nc2ccccc2)CCC(C)CC1. The second-order valence-corrected chi connectivity index (χ2v) is 8.36. The van der Waals surface area contributed by atoms with E-state index >= 15 is 0 Å². The Kier molecular flexibility index (Phi) is 5.53. The molecule has 0 saturated heterocycles. The van der Waals surface area contributed by atoms with Gasteiger partial charge in [-0.1, -0.05) is 43.3 Å². The van der Waals surface area contributed by atoms with Crippen LogP contribution in [0.3, 0.4) is 0 Å². The first-order valence-electron chi connectivity index (χ1n) is 10.5. The predicted molar refractivity (Wildman–Crippen MR) is 117 cm³/mol. The second-order valence-electron chi connectivity index (χ2n) is 8.36. The Morgan fingerprint density at radius 1 is 1.03 bits per heavy atom. The van der Waals surface area contributed by atoms with Gasteiger partial charge in [0.1, 0.15) is 5.54 Å². The number of rotatable bonds is 4. The lowest BCUT2D eigenvalue weighted by molar-refractivity contribution is 0.182. The molecule has 0 spiro atoms. The highest BCUT2D eigenvalue weighted by Gasteiger charge is 2.42. The molecule has 2 aromatic carbocycles. The van der Waals surface area contributed by atoms with E-state index in [-0.39, 0.29) is 6.03 Å². The van der Waals surface area contributed by atoms with Crippen molar-refractivity contribution in [3.8, 4) is 5.69 Å². The number of aromatic nitrogens is 4. The highest BCUT2D eigenvalue weighted by Crippen LogP contribution is 2.39. The molecule has 4 rings (SSSR count). The summed E-state index contributed by atoms with van der Waals surface area (Å²) in [5.74, 6) is 1.30. The quantitative estimate of drug-likeness (QED) is 0.670. The Morgan fingerprint density at radius 2 is 1.70 bits per heavy atom. The highest BCUT2D eigenvalue weighted by molar-refractivity contribution is 5.89. The lowest BCUT2D eigenvalue weighted by atomic mass is 9.76. The number of carbonyl (C=O) groups is 1. The standard InChI is InChI=1S/C23H28N6O/c1-16-12-14-23(15-13-16,25-22(30)24-19-10-5-4-6-11-19)21-26-27-28-29(21)20-17(2)8-7-9-18(20)3/h4-11,16H,12-15H2,1-3H3,(H2,24,25,30). The number of tetrazole rings is 1. The van der Waals surface area contributed by atoms with Gasteiger partial charge in [-0.05, 0) is 79.1 Å². The second kappa shape index (κ2) is 8.26. The number of benzene rings is 2. The van der Waals surface area contributed by atoms with Gasteiger partial charge in [-0.2, -0.15) is 4.68 Å². The fourth-order valence-electron chi connectivity index (χ4n) is 4.34. The van der Waals surface area contributed by atoms with Gasteiger partial charge in [-0.3, -0.25) is 0 Å². The van der Waals surface area contributed by atoms with Crippen LogP contribution < -0.4 is 10.6 Å². The summed E-state index contributed by atoms with van der Waals surface area (Å²) < 4.78 is 1.81. The maximum Gasteiger partial charge on any atom is 0.320 e. The van der Waals surface area contributed by atoms with Crippen molar-refractivity contribution in [2.45, 2.75) is 52.0 Å². The van der Waals surface area contributed by atoms with Crippen molar-refractivity contribution in [2.75, 3.05) is 5.32 Å². The maximum atomic E-state index is 12.9. The number of nitrogens with zero attached hydrogens (tertiary/aromatic N) is 4. The Balaban J connectivity index is 1.70. The predicted octanol–water partition coefficient (Wildman–Crippen LogP) is 4.51. The number of nitrogens with one attached hydrogen (secondary N) is 2. The molecule has 7 nitrogen and oxygen atoms in total. The number of anilines is 1. The van der Waals surface area contributed by atoms with Crippen molar-refractivity contribution in [3.63, 3.8) is 0 Å². The molecule has 3 aromatic rings. The van der Waals surface area contributed by atoms with Gasteiger partial charge in [0.25, 0.3) is 0 Å². The van der Waals surface area contributed by atoms with Crippen LogP contribution in [0.15, 0.2) is 48.5 Å². The summed E-state index contributed by atoms with van der Waals surface area (Å²) in [4.78, 5) is 12.9. The van der Waals surface area contributed by atoms with Gasteiger partial charge < -0.3 is 10.6 Å². The molecule has 1 aliphatic carbocycles. The van der Waals surface area contributed by atoms with Crippen molar-refractivity contribution < 1.29 is 4.79 Å². The summed E-state index contributed by atoms with van der Waals surface area (Å²) >= 11 is 0. The van der Waals surface area contributed by atoms with Crippen LogP contribution >= 0.6 is 0 Å². The van der Waals surface area contributed by atoms with Crippen LogP contribution in [0.5, 0.6) is 0 Å². The van der Waals surface area contributed by atoms with E-state index in [0.717, 1.165) is 48.2 Å². The molecule has 1 aromatic heterocycles. The van der Waals surface area contributed by atoms with E-state index < -0.39 is 5.54 Å². The first-order valence-corrected chi connectivity index (χ1v) is 10.5. The zero-order valence-corrected chi connectivity index (χ0v) is 17.7. The minimum absolute atomic E-state index is 0.244. The highest BCUT2D eigenvalue weighted by atomic mass is 16.2. The number of aryl methyl sites for hydroxylation is 2. The third-order valence-electron chi connectivity index (χ3n) is 6.06. The van der Waals surface area contributed by atoms with Crippen molar-refractivity contribution >= 4 is 11.7 Å². The van der Waals surface area contributed by atoms with Gasteiger partial charge in [0.15, 0.2) is 5.82 Å². The van der Waals surface area contributed by atoms with Crippen molar-refractivity contribution in [3.05, 3.63) is 65.5 Å². The van der Waals surface area contributed by atoms with E-state index in [1.54, 1.807) is 0 Å². The van der Waals surface area contributed by atoms with E-state index in [0.29, 0.717) is 11.7 Å². The van der Waals surface area contributed by atoms with Gasteiger partial charge in [0.2, 0.25) is 0 Å². The molecule has 1 aliphatic rings. The van der Waals surface area contributed by atoms with Crippen LogP contribution in [0.25, 0.3) is 5.69 Å². The molecular weight excluding hydrogens is 376 g/mol. The topological polar surface area (TPSA) is 84.7 Å².